The van der Waals surface area contributed by atoms with E-state index in [0.717, 1.165) is 129 Å². The molecule has 0 aliphatic carbocycles. The second-order valence-corrected chi connectivity index (χ2v) is 37.7. The SMILES string of the molecule is CC(C)(C)c1ccc2c(c1)c1cc(C(C)(C)C)ccc1n2-c1ccc2c(c1)N(c1c(-c3ccccc3)cccc1-c1ccccc1)c1cc(-c3cc(C(C)(C)C)c4oc5ccccc5c4c3)cc3c1B2c1ccc(-n2c4ccc(C(C)(C)C)cc4c4cc(C(C)(C)C)ccc42)cc1N3c1c(-c2ccccc2)cccc1-c1ccccc1. The summed E-state index contributed by atoms with van der Waals surface area (Å²) in [5.41, 5.74) is 35.8. The third kappa shape index (κ3) is 11.8. The Kier molecular flexibility index (Phi) is 16.5. The first kappa shape index (κ1) is 72.3. The average Bonchev–Trinajstić information content (AvgIpc) is 0.775. The third-order valence-corrected chi connectivity index (χ3v) is 25.0. The molecule has 0 unspecified atom stereocenters. The minimum Gasteiger partial charge on any atom is -0.456 e. The summed E-state index contributed by atoms with van der Waals surface area (Å²) >= 11 is 0. The first-order valence-electron chi connectivity index (χ1n) is 41.4. The Hall–Kier alpha value is -12.6. The van der Waals surface area contributed by atoms with Crippen molar-refractivity contribution in [1.29, 1.82) is 0 Å². The van der Waals surface area contributed by atoms with E-state index in [2.05, 4.69) is 438 Å². The van der Waals surface area contributed by atoms with E-state index in [0.29, 0.717) is 0 Å². The van der Waals surface area contributed by atoms with Gasteiger partial charge >= 0.3 is 0 Å². The molecular formula is C110H97BN4O. The summed E-state index contributed by atoms with van der Waals surface area (Å²) in [6.45, 7) is 34.7. The van der Waals surface area contributed by atoms with Crippen molar-refractivity contribution in [3.8, 4) is 67.0 Å². The van der Waals surface area contributed by atoms with E-state index < -0.39 is 0 Å². The van der Waals surface area contributed by atoms with Crippen molar-refractivity contribution in [3.05, 3.63) is 343 Å². The molecule has 15 aromatic carbocycles. The van der Waals surface area contributed by atoms with E-state index >= 15 is 0 Å². The highest BCUT2D eigenvalue weighted by atomic mass is 16.3. The average molecular weight is 1500 g/mol. The van der Waals surface area contributed by atoms with Crippen LogP contribution in [0.15, 0.2) is 320 Å². The quantitative estimate of drug-likeness (QED) is 0.135. The summed E-state index contributed by atoms with van der Waals surface area (Å²) in [7, 11) is 0. The fourth-order valence-electron chi connectivity index (χ4n) is 18.9. The summed E-state index contributed by atoms with van der Waals surface area (Å²) < 4.78 is 12.2. The summed E-state index contributed by atoms with van der Waals surface area (Å²) in [6, 6.07) is 121. The third-order valence-electron chi connectivity index (χ3n) is 25.0. The summed E-state index contributed by atoms with van der Waals surface area (Å²) in [5, 5.41) is 7.19. The van der Waals surface area contributed by atoms with Crippen molar-refractivity contribution in [2.24, 2.45) is 0 Å². The summed E-state index contributed by atoms with van der Waals surface area (Å²) in [5.74, 6) is 0. The minimum absolute atomic E-state index is 0.0776. The molecule has 0 atom stereocenters. The van der Waals surface area contributed by atoms with Crippen LogP contribution >= 0.6 is 0 Å². The maximum Gasteiger partial charge on any atom is 0.252 e. The number of hydrogen-bond donors (Lipinski definition) is 0. The van der Waals surface area contributed by atoms with Crippen LogP contribution in [0.3, 0.4) is 0 Å². The number of aromatic nitrogens is 2. The van der Waals surface area contributed by atoms with Crippen LogP contribution in [0.1, 0.15) is 132 Å². The van der Waals surface area contributed by atoms with Crippen LogP contribution in [0.2, 0.25) is 0 Å². The van der Waals surface area contributed by atoms with Crippen molar-refractivity contribution < 1.29 is 4.42 Å². The van der Waals surface area contributed by atoms with Gasteiger partial charge in [-0.2, -0.15) is 0 Å². The van der Waals surface area contributed by atoms with Gasteiger partial charge in [-0.1, -0.05) is 316 Å². The van der Waals surface area contributed by atoms with Crippen LogP contribution in [0.25, 0.3) is 133 Å². The van der Waals surface area contributed by atoms with Crippen molar-refractivity contribution >= 4 is 123 Å². The summed E-state index contributed by atoms with van der Waals surface area (Å²) in [6.07, 6.45) is 0. The van der Waals surface area contributed by atoms with E-state index in [-0.39, 0.29) is 33.8 Å². The van der Waals surface area contributed by atoms with Crippen molar-refractivity contribution in [1.82, 2.24) is 9.13 Å². The zero-order valence-electron chi connectivity index (χ0n) is 69.3. The first-order valence-corrected chi connectivity index (χ1v) is 41.4. The van der Waals surface area contributed by atoms with Crippen LogP contribution in [-0.2, 0) is 27.1 Å². The molecule has 0 bridgehead atoms. The zero-order valence-corrected chi connectivity index (χ0v) is 69.3. The van der Waals surface area contributed by atoms with Crippen molar-refractivity contribution in [3.63, 3.8) is 0 Å². The molecular weight excluding hydrogens is 1400 g/mol. The minimum atomic E-state index is -0.318. The smallest absolute Gasteiger partial charge is 0.252 e. The Morgan fingerprint density at radius 1 is 0.250 bits per heavy atom. The number of benzene rings is 15. The molecule has 18 aromatic rings. The molecule has 0 fully saturated rings. The largest absolute Gasteiger partial charge is 0.456 e. The monoisotopic (exact) mass is 1500 g/mol. The molecule has 0 N–H and O–H groups in total. The lowest BCUT2D eigenvalue weighted by Gasteiger charge is -2.46. The van der Waals surface area contributed by atoms with Gasteiger partial charge in [-0.25, -0.2) is 0 Å². The highest BCUT2D eigenvalue weighted by molar-refractivity contribution is 7.00. The lowest BCUT2D eigenvalue weighted by molar-refractivity contribution is 0.573. The highest BCUT2D eigenvalue weighted by Gasteiger charge is 2.46. The number of para-hydroxylation sites is 3. The molecule has 3 aromatic heterocycles. The molecule has 116 heavy (non-hydrogen) atoms. The van der Waals surface area contributed by atoms with Gasteiger partial charge in [0.25, 0.3) is 6.71 Å². The predicted octanol–water partition coefficient (Wildman–Crippen LogP) is 28.7. The van der Waals surface area contributed by atoms with Crippen molar-refractivity contribution in [2.75, 3.05) is 9.80 Å². The molecule has 0 radical (unpaired) electrons. The molecule has 0 saturated carbocycles. The van der Waals surface area contributed by atoms with E-state index in [1.54, 1.807) is 0 Å². The lowest BCUT2D eigenvalue weighted by atomic mass is 9.33. The molecule has 0 spiro atoms. The van der Waals surface area contributed by atoms with E-state index in [1.165, 1.54) is 82.3 Å². The van der Waals surface area contributed by atoms with Gasteiger partial charge in [0.1, 0.15) is 11.2 Å². The molecule has 6 heteroatoms. The standard InChI is InChI=1S/C110H97BN4O/c1-106(2,3)74-46-54-93-85(62-74)86-63-75(107(4,5)6)47-55-94(86)112(93)78-50-52-91-97(66-78)114(103-80(68-32-20-16-21-33-68)41-30-42-81(103)69-34-22-17-23-35-69)99-60-73(72-58-89-84-40-28-29-45-101(84)116-105(89)90(59-72)110(13,14)15)61-100-102(99)111(91)92-53-51-79(113-95-56-48-76(108(7,8)9)64-87(95)88-65-77(109(10,11)12)49-57-96(88)113)67-98(92)115(100)104-82(70-36-24-18-25-37-70)43-31-44-83(104)71-38-26-19-27-39-71/h16-67H,1-15H3. The normalized spacial score (nSPS) is 13.2. The topological polar surface area (TPSA) is 29.5 Å². The van der Waals surface area contributed by atoms with Gasteiger partial charge < -0.3 is 23.4 Å². The number of fused-ring (bicyclic) bond motifs is 13. The molecule has 0 amide bonds. The van der Waals surface area contributed by atoms with E-state index in [1.807, 2.05) is 0 Å². The van der Waals surface area contributed by atoms with Gasteiger partial charge in [-0.3, -0.25) is 0 Å². The molecule has 566 valence electrons. The van der Waals surface area contributed by atoms with Crippen LogP contribution < -0.4 is 26.2 Å². The van der Waals surface area contributed by atoms with Gasteiger partial charge in [0, 0.05) is 94.3 Å². The number of furan rings is 1. The molecule has 5 heterocycles. The maximum atomic E-state index is 7.06. The first-order chi connectivity index (χ1) is 55.7. The summed E-state index contributed by atoms with van der Waals surface area (Å²) in [4.78, 5) is 5.44. The fraction of sp³-hybridized carbons (Fsp3) is 0.182. The van der Waals surface area contributed by atoms with Crippen molar-refractivity contribution in [2.45, 2.75) is 131 Å². The van der Waals surface area contributed by atoms with Crippen LogP contribution in [0.5, 0.6) is 0 Å². The molecule has 2 aliphatic rings. The van der Waals surface area contributed by atoms with Gasteiger partial charge in [-0.15, -0.1) is 0 Å². The molecule has 2 aliphatic heterocycles. The Bertz CT molecular complexity index is 6410. The Labute approximate surface area is 682 Å². The second-order valence-electron chi connectivity index (χ2n) is 37.7. The molecule has 20 rings (SSSR count). The number of anilines is 6. The second kappa shape index (κ2) is 26.5. The van der Waals surface area contributed by atoms with E-state index in [9.17, 15) is 0 Å². The van der Waals surface area contributed by atoms with Gasteiger partial charge in [0.05, 0.1) is 33.4 Å². The maximum absolute atomic E-state index is 7.06. The predicted molar refractivity (Wildman–Crippen MR) is 497 cm³/mol. The van der Waals surface area contributed by atoms with Gasteiger partial charge in [0.2, 0.25) is 0 Å². The highest BCUT2D eigenvalue weighted by Crippen LogP contribution is 2.56. The number of hydrogen-bond acceptors (Lipinski definition) is 3. The van der Waals surface area contributed by atoms with Gasteiger partial charge in [-0.05, 0) is 202 Å². The Balaban J connectivity index is 0.980. The fourth-order valence-corrected chi connectivity index (χ4v) is 18.9. The number of rotatable bonds is 9. The Morgan fingerprint density at radius 2 is 0.586 bits per heavy atom. The van der Waals surface area contributed by atoms with Crippen LogP contribution in [0, 0.1) is 0 Å². The molecule has 5 nitrogen and oxygen atoms in total. The van der Waals surface area contributed by atoms with Gasteiger partial charge in [0.15, 0.2) is 0 Å². The van der Waals surface area contributed by atoms with Crippen LogP contribution in [-0.4, -0.2) is 15.8 Å². The Morgan fingerprint density at radius 3 is 0.931 bits per heavy atom. The van der Waals surface area contributed by atoms with E-state index in [4.69, 9.17) is 4.42 Å². The molecule has 0 saturated heterocycles. The lowest BCUT2D eigenvalue weighted by Crippen LogP contribution is -2.61. The number of nitrogens with zero attached hydrogens (tertiary/aromatic N) is 4. The van der Waals surface area contributed by atoms with Crippen LogP contribution in [0.4, 0.5) is 34.1 Å². The zero-order chi connectivity index (χ0) is 79.8.